The Bertz CT molecular complexity index is 254. The lowest BCUT2D eigenvalue weighted by molar-refractivity contribution is 0.191. The van der Waals surface area contributed by atoms with Crippen molar-refractivity contribution in [3.63, 3.8) is 0 Å². The maximum absolute atomic E-state index is 11.6. The first kappa shape index (κ1) is 8.46. The van der Waals surface area contributed by atoms with Crippen LogP contribution in [-0.4, -0.2) is 11.8 Å². The number of halogens is 2. The van der Waals surface area contributed by atoms with E-state index in [0.29, 0.717) is 5.75 Å². The smallest absolute Gasteiger partial charge is 0.228 e. The van der Waals surface area contributed by atoms with Crippen molar-refractivity contribution in [3.8, 4) is 5.75 Å². The molecule has 0 saturated carbocycles. The van der Waals surface area contributed by atoms with Crippen molar-refractivity contribution in [1.29, 1.82) is 0 Å². The van der Waals surface area contributed by atoms with Crippen molar-refractivity contribution in [2.24, 2.45) is 0 Å². The Balaban J connectivity index is 2.86. The topological polar surface area (TPSA) is 22.1 Å². The van der Waals surface area contributed by atoms with E-state index >= 15 is 0 Å². The zero-order valence-electron chi connectivity index (χ0n) is 5.97. The van der Waals surface area contributed by atoms with E-state index in [2.05, 4.69) is 25.7 Å². The highest BCUT2D eigenvalue weighted by molar-refractivity contribution is 9.10. The van der Waals surface area contributed by atoms with Crippen LogP contribution in [0, 0.1) is 6.92 Å². The number of hydrogen-bond acceptors (Lipinski definition) is 2. The molecule has 0 N–H and O–H groups in total. The lowest BCUT2D eigenvalue weighted by Crippen LogP contribution is -1.92. The summed E-state index contributed by atoms with van der Waals surface area (Å²) in [4.78, 5) is 3.96. The third-order valence-corrected chi connectivity index (χ3v) is 2.02. The molecule has 2 nitrogen and oxygen atoms in total. The number of rotatable bonds is 2. The molecule has 0 aliphatic heterocycles. The van der Waals surface area contributed by atoms with Crippen molar-refractivity contribution in [2.75, 3.05) is 6.86 Å². The van der Waals surface area contributed by atoms with Crippen LogP contribution in [0.25, 0.3) is 0 Å². The van der Waals surface area contributed by atoms with Crippen LogP contribution in [0.5, 0.6) is 5.75 Å². The molecule has 0 spiro atoms. The number of nitrogens with zero attached hydrogens (tertiary/aromatic N) is 1. The van der Waals surface area contributed by atoms with Gasteiger partial charge in [0.1, 0.15) is 5.75 Å². The molecule has 4 heteroatoms. The van der Waals surface area contributed by atoms with Gasteiger partial charge in [-0.15, -0.1) is 0 Å². The molecule has 0 aliphatic rings. The molecule has 0 radical (unpaired) electrons. The van der Waals surface area contributed by atoms with Crippen molar-refractivity contribution >= 4 is 15.9 Å². The van der Waals surface area contributed by atoms with Gasteiger partial charge in [0.15, 0.2) is 0 Å². The fourth-order valence-corrected chi connectivity index (χ4v) is 0.959. The zero-order chi connectivity index (χ0) is 8.27. The maximum atomic E-state index is 11.6. The van der Waals surface area contributed by atoms with Crippen LogP contribution >= 0.6 is 15.9 Å². The molecule has 0 amide bonds. The van der Waals surface area contributed by atoms with E-state index in [1.165, 1.54) is 6.20 Å². The van der Waals surface area contributed by atoms with E-state index in [0.717, 1.165) is 10.2 Å². The molecule has 0 aliphatic carbocycles. The van der Waals surface area contributed by atoms with E-state index in [4.69, 9.17) is 0 Å². The molecular weight excluding hydrogens is 213 g/mol. The summed E-state index contributed by atoms with van der Waals surface area (Å²) in [5, 5.41) is 0. The predicted molar refractivity (Wildman–Crippen MR) is 43.3 cm³/mol. The second-order valence-electron chi connectivity index (χ2n) is 1.99. The summed E-state index contributed by atoms with van der Waals surface area (Å²) in [6.07, 6.45) is 1.49. The first-order valence-electron chi connectivity index (χ1n) is 3.05. The molecule has 0 unspecified atom stereocenters. The number of hydrogen-bond donors (Lipinski definition) is 0. The first-order valence-corrected chi connectivity index (χ1v) is 3.84. The first-order chi connectivity index (χ1) is 5.24. The maximum Gasteiger partial charge on any atom is 0.228 e. The number of alkyl halides is 1. The van der Waals surface area contributed by atoms with E-state index in [1.54, 1.807) is 6.07 Å². The molecule has 0 saturated heterocycles. The van der Waals surface area contributed by atoms with E-state index in [1.807, 2.05) is 6.92 Å². The van der Waals surface area contributed by atoms with Crippen molar-refractivity contribution in [1.82, 2.24) is 4.98 Å². The molecule has 60 valence electrons. The molecule has 0 fully saturated rings. The summed E-state index contributed by atoms with van der Waals surface area (Å²) in [7, 11) is 0. The highest BCUT2D eigenvalue weighted by atomic mass is 79.9. The van der Waals surface area contributed by atoms with Crippen molar-refractivity contribution in [2.45, 2.75) is 6.92 Å². The number of aryl methyl sites for hydroxylation is 1. The minimum absolute atomic E-state index is 0.435. The number of ether oxygens (including phenoxy) is 1. The normalized spacial score (nSPS) is 9.73. The fourth-order valence-electron chi connectivity index (χ4n) is 0.631. The van der Waals surface area contributed by atoms with Gasteiger partial charge in [-0.25, -0.2) is 4.39 Å². The van der Waals surface area contributed by atoms with Gasteiger partial charge in [0.25, 0.3) is 0 Å². The molecule has 0 bridgehead atoms. The molecular formula is C7H7BrFNO. The minimum Gasteiger partial charge on any atom is -0.461 e. The SMILES string of the molecule is Cc1ncc(OCF)cc1Br. The molecule has 1 heterocycles. The Labute approximate surface area is 72.5 Å². The monoisotopic (exact) mass is 219 g/mol. The number of pyridine rings is 1. The largest absolute Gasteiger partial charge is 0.461 e. The Hall–Kier alpha value is -0.640. The fraction of sp³-hybridized carbons (Fsp3) is 0.286. The highest BCUT2D eigenvalue weighted by Crippen LogP contribution is 2.19. The van der Waals surface area contributed by atoms with Crippen LogP contribution in [0.2, 0.25) is 0 Å². The minimum atomic E-state index is -0.822. The predicted octanol–water partition coefficient (Wildman–Crippen LogP) is 2.46. The van der Waals surface area contributed by atoms with Crippen LogP contribution in [0.4, 0.5) is 4.39 Å². The Kier molecular flexibility index (Phi) is 2.82. The van der Waals surface area contributed by atoms with Gasteiger partial charge in [0, 0.05) is 4.47 Å². The molecule has 11 heavy (non-hydrogen) atoms. The Morgan fingerprint density at radius 1 is 1.73 bits per heavy atom. The quantitative estimate of drug-likeness (QED) is 0.763. The number of aromatic nitrogens is 1. The van der Waals surface area contributed by atoms with Gasteiger partial charge < -0.3 is 4.74 Å². The second-order valence-corrected chi connectivity index (χ2v) is 2.85. The Morgan fingerprint density at radius 3 is 3.00 bits per heavy atom. The summed E-state index contributed by atoms with van der Waals surface area (Å²) in [5.74, 6) is 0.435. The lowest BCUT2D eigenvalue weighted by atomic mass is 10.4. The third kappa shape index (κ3) is 2.15. The van der Waals surface area contributed by atoms with E-state index in [-0.39, 0.29) is 0 Å². The van der Waals surface area contributed by atoms with Crippen molar-refractivity contribution in [3.05, 3.63) is 22.4 Å². The molecule has 1 aromatic heterocycles. The average Bonchev–Trinajstić information content (AvgIpc) is 1.98. The zero-order valence-corrected chi connectivity index (χ0v) is 7.56. The van der Waals surface area contributed by atoms with Gasteiger partial charge in [0.2, 0.25) is 6.86 Å². The van der Waals surface area contributed by atoms with Gasteiger partial charge in [-0.2, -0.15) is 0 Å². The summed E-state index contributed by atoms with van der Waals surface area (Å²) < 4.78 is 17.1. The molecule has 0 aromatic carbocycles. The van der Waals surface area contributed by atoms with Gasteiger partial charge in [-0.05, 0) is 28.9 Å². The molecule has 1 aromatic rings. The third-order valence-electron chi connectivity index (χ3n) is 1.22. The average molecular weight is 220 g/mol. The van der Waals surface area contributed by atoms with Gasteiger partial charge >= 0.3 is 0 Å². The van der Waals surface area contributed by atoms with Gasteiger partial charge in [-0.1, -0.05) is 0 Å². The van der Waals surface area contributed by atoms with Crippen LogP contribution in [0.15, 0.2) is 16.7 Å². The second kappa shape index (κ2) is 3.67. The van der Waals surface area contributed by atoms with E-state index in [9.17, 15) is 4.39 Å². The summed E-state index contributed by atoms with van der Waals surface area (Å²) in [6.45, 7) is 1.03. The highest BCUT2D eigenvalue weighted by Gasteiger charge is 1.98. The van der Waals surface area contributed by atoms with Crippen molar-refractivity contribution < 1.29 is 9.13 Å². The van der Waals surface area contributed by atoms with E-state index < -0.39 is 6.86 Å². The molecule has 1 rings (SSSR count). The van der Waals surface area contributed by atoms with Crippen LogP contribution in [0.3, 0.4) is 0 Å². The Morgan fingerprint density at radius 2 is 2.45 bits per heavy atom. The van der Waals surface area contributed by atoms with Gasteiger partial charge in [-0.3, -0.25) is 4.98 Å². The standard InChI is InChI=1S/C7H7BrFNO/c1-5-7(8)2-6(3-10-5)11-4-9/h2-3H,4H2,1H3. The molecule has 0 atom stereocenters. The van der Waals surface area contributed by atoms with Crippen LogP contribution in [0.1, 0.15) is 5.69 Å². The van der Waals surface area contributed by atoms with Crippen LogP contribution in [-0.2, 0) is 0 Å². The summed E-state index contributed by atoms with van der Waals surface area (Å²) in [6, 6.07) is 1.68. The summed E-state index contributed by atoms with van der Waals surface area (Å²) >= 11 is 3.25. The van der Waals surface area contributed by atoms with Crippen LogP contribution < -0.4 is 4.74 Å². The van der Waals surface area contributed by atoms with Gasteiger partial charge in [0.05, 0.1) is 11.9 Å². The lowest BCUT2D eigenvalue weighted by Gasteiger charge is -2.01. The summed E-state index contributed by atoms with van der Waals surface area (Å²) in [5.41, 5.74) is 0.858.